The molecule has 2 fully saturated rings. The number of piperidine rings is 1. The van der Waals surface area contributed by atoms with E-state index < -0.39 is 0 Å². The molecule has 0 N–H and O–H groups in total. The van der Waals surface area contributed by atoms with Gasteiger partial charge in [-0.1, -0.05) is 0 Å². The quantitative estimate of drug-likeness (QED) is 0.557. The third kappa shape index (κ3) is 1.15. The predicted octanol–water partition coefficient (Wildman–Crippen LogP) is 1.41. The van der Waals surface area contributed by atoms with E-state index in [1.807, 2.05) is 4.90 Å². The number of amides is 1. The van der Waals surface area contributed by atoms with Crippen molar-refractivity contribution in [2.45, 2.75) is 32.6 Å². The summed E-state index contributed by atoms with van der Waals surface area (Å²) in [6.07, 6.45) is 4.69. The Morgan fingerprint density at radius 3 is 2.64 bits per heavy atom. The second-order valence-corrected chi connectivity index (χ2v) is 3.90. The molecule has 0 radical (unpaired) electrons. The predicted molar refractivity (Wildman–Crippen MR) is 43.2 cm³/mol. The Labute approximate surface area is 67.6 Å². The first kappa shape index (κ1) is 7.14. The Morgan fingerprint density at radius 1 is 1.45 bits per heavy atom. The fraction of sp³-hybridized carbons (Fsp3) is 0.889. The van der Waals surface area contributed by atoms with Gasteiger partial charge in [0.1, 0.15) is 0 Å². The van der Waals surface area contributed by atoms with Crippen molar-refractivity contribution in [2.75, 3.05) is 13.1 Å². The van der Waals surface area contributed by atoms with Gasteiger partial charge in [-0.15, -0.1) is 0 Å². The summed E-state index contributed by atoms with van der Waals surface area (Å²) in [6, 6.07) is 0. The maximum Gasteiger partial charge on any atom is 0.223 e. The SMILES string of the molecule is CCN1CCC2(CC2)CC1=O. The molecule has 2 rings (SSSR count). The number of carbonyl (C=O) groups is 1. The largest absolute Gasteiger partial charge is 0.343 e. The van der Waals surface area contributed by atoms with E-state index in [1.54, 1.807) is 0 Å². The minimum atomic E-state index is 0.385. The molecule has 0 aromatic rings. The summed E-state index contributed by atoms with van der Waals surface area (Å²) in [7, 11) is 0. The Balaban J connectivity index is 1.99. The summed E-state index contributed by atoms with van der Waals surface area (Å²) < 4.78 is 0. The van der Waals surface area contributed by atoms with E-state index in [0.717, 1.165) is 19.5 Å². The Morgan fingerprint density at radius 2 is 2.18 bits per heavy atom. The summed E-state index contributed by atoms with van der Waals surface area (Å²) in [6.45, 7) is 3.97. The van der Waals surface area contributed by atoms with Crippen LogP contribution in [0.4, 0.5) is 0 Å². The van der Waals surface area contributed by atoms with Crippen LogP contribution in [0.15, 0.2) is 0 Å². The third-order valence-corrected chi connectivity index (χ3v) is 3.13. The first-order chi connectivity index (χ1) is 5.26. The van der Waals surface area contributed by atoms with Gasteiger partial charge in [0.25, 0.3) is 0 Å². The molecule has 62 valence electrons. The van der Waals surface area contributed by atoms with Crippen LogP contribution in [-0.4, -0.2) is 23.9 Å². The normalized spacial score (nSPS) is 27.7. The van der Waals surface area contributed by atoms with Crippen LogP contribution in [0.25, 0.3) is 0 Å². The maximum absolute atomic E-state index is 11.4. The smallest absolute Gasteiger partial charge is 0.223 e. The second-order valence-electron chi connectivity index (χ2n) is 3.90. The highest BCUT2D eigenvalue weighted by atomic mass is 16.2. The number of nitrogens with zero attached hydrogens (tertiary/aromatic N) is 1. The van der Waals surface area contributed by atoms with E-state index in [9.17, 15) is 4.79 Å². The fourth-order valence-electron chi connectivity index (χ4n) is 1.96. The van der Waals surface area contributed by atoms with E-state index in [2.05, 4.69) is 6.92 Å². The molecule has 1 saturated heterocycles. The van der Waals surface area contributed by atoms with Crippen LogP contribution in [0.2, 0.25) is 0 Å². The zero-order chi connectivity index (χ0) is 7.90. The van der Waals surface area contributed by atoms with Gasteiger partial charge in [-0.3, -0.25) is 4.79 Å². The van der Waals surface area contributed by atoms with Gasteiger partial charge < -0.3 is 4.90 Å². The first-order valence-electron chi connectivity index (χ1n) is 4.54. The second kappa shape index (κ2) is 2.23. The lowest BCUT2D eigenvalue weighted by molar-refractivity contribution is -0.135. The molecule has 1 saturated carbocycles. The van der Waals surface area contributed by atoms with Crippen LogP contribution in [-0.2, 0) is 4.79 Å². The van der Waals surface area contributed by atoms with Gasteiger partial charge in [0.2, 0.25) is 5.91 Å². The summed E-state index contributed by atoms with van der Waals surface area (Å²) in [4.78, 5) is 13.4. The lowest BCUT2D eigenvalue weighted by Crippen LogP contribution is -2.39. The lowest BCUT2D eigenvalue weighted by Gasteiger charge is -2.30. The number of hydrogen-bond acceptors (Lipinski definition) is 1. The van der Waals surface area contributed by atoms with Gasteiger partial charge in [0.05, 0.1) is 0 Å². The molecule has 0 aromatic carbocycles. The van der Waals surface area contributed by atoms with Crippen molar-refractivity contribution in [2.24, 2.45) is 5.41 Å². The van der Waals surface area contributed by atoms with Gasteiger partial charge in [0.15, 0.2) is 0 Å². The average molecular weight is 153 g/mol. The molecule has 0 bridgehead atoms. The highest BCUT2D eigenvalue weighted by Crippen LogP contribution is 2.53. The van der Waals surface area contributed by atoms with Crippen molar-refractivity contribution in [3.05, 3.63) is 0 Å². The molecule has 2 aliphatic rings. The van der Waals surface area contributed by atoms with Gasteiger partial charge in [-0.05, 0) is 31.6 Å². The molecule has 1 spiro atoms. The highest BCUT2D eigenvalue weighted by molar-refractivity contribution is 5.78. The van der Waals surface area contributed by atoms with Crippen molar-refractivity contribution >= 4 is 5.91 Å². The van der Waals surface area contributed by atoms with E-state index in [0.29, 0.717) is 11.3 Å². The molecular weight excluding hydrogens is 138 g/mol. The first-order valence-corrected chi connectivity index (χ1v) is 4.54. The molecule has 0 atom stereocenters. The van der Waals surface area contributed by atoms with Gasteiger partial charge in [-0.2, -0.15) is 0 Å². The number of likely N-dealkylation sites (tertiary alicyclic amines) is 1. The zero-order valence-electron chi connectivity index (χ0n) is 7.10. The Hall–Kier alpha value is -0.530. The summed E-state index contributed by atoms with van der Waals surface area (Å²) >= 11 is 0. The average Bonchev–Trinajstić information content (AvgIpc) is 2.70. The molecule has 11 heavy (non-hydrogen) atoms. The molecule has 2 nitrogen and oxygen atoms in total. The van der Waals surface area contributed by atoms with Crippen molar-refractivity contribution in [3.63, 3.8) is 0 Å². The lowest BCUT2D eigenvalue weighted by atomic mass is 9.93. The standard InChI is InChI=1S/C9H15NO/c1-2-10-6-5-9(3-4-9)7-8(10)11/h2-7H2,1H3. The summed E-state index contributed by atoms with van der Waals surface area (Å²) in [5.41, 5.74) is 0.489. The van der Waals surface area contributed by atoms with Gasteiger partial charge in [-0.25, -0.2) is 0 Å². The number of hydrogen-bond donors (Lipinski definition) is 0. The molecule has 0 aromatic heterocycles. The molecule has 1 aliphatic carbocycles. The van der Waals surface area contributed by atoms with E-state index in [1.165, 1.54) is 19.3 Å². The van der Waals surface area contributed by atoms with E-state index in [-0.39, 0.29) is 0 Å². The Kier molecular flexibility index (Phi) is 1.44. The molecular formula is C9H15NO. The maximum atomic E-state index is 11.4. The van der Waals surface area contributed by atoms with E-state index >= 15 is 0 Å². The van der Waals surface area contributed by atoms with Crippen LogP contribution in [0.3, 0.4) is 0 Å². The van der Waals surface area contributed by atoms with Crippen LogP contribution in [0.1, 0.15) is 32.6 Å². The van der Waals surface area contributed by atoms with Crippen molar-refractivity contribution < 1.29 is 4.79 Å². The molecule has 1 aliphatic heterocycles. The van der Waals surface area contributed by atoms with E-state index in [4.69, 9.17) is 0 Å². The van der Waals surface area contributed by atoms with Crippen LogP contribution in [0.5, 0.6) is 0 Å². The van der Waals surface area contributed by atoms with Crippen LogP contribution < -0.4 is 0 Å². The van der Waals surface area contributed by atoms with Gasteiger partial charge >= 0.3 is 0 Å². The van der Waals surface area contributed by atoms with Crippen molar-refractivity contribution in [1.29, 1.82) is 0 Å². The summed E-state index contributed by atoms with van der Waals surface area (Å²) in [5.74, 6) is 0.385. The molecule has 0 unspecified atom stereocenters. The Bertz CT molecular complexity index is 184. The van der Waals surface area contributed by atoms with Gasteiger partial charge in [0, 0.05) is 19.5 Å². The molecule has 1 amide bonds. The van der Waals surface area contributed by atoms with Crippen LogP contribution in [0, 0.1) is 5.41 Å². The molecule has 2 heteroatoms. The topological polar surface area (TPSA) is 20.3 Å². The van der Waals surface area contributed by atoms with Crippen LogP contribution >= 0.6 is 0 Å². The van der Waals surface area contributed by atoms with Crippen molar-refractivity contribution in [1.82, 2.24) is 4.90 Å². The number of carbonyl (C=O) groups excluding carboxylic acids is 1. The third-order valence-electron chi connectivity index (χ3n) is 3.13. The minimum Gasteiger partial charge on any atom is -0.343 e. The highest BCUT2D eigenvalue weighted by Gasteiger charge is 2.47. The van der Waals surface area contributed by atoms with Crippen molar-refractivity contribution in [3.8, 4) is 0 Å². The monoisotopic (exact) mass is 153 g/mol. The molecule has 1 heterocycles. The number of rotatable bonds is 1. The summed E-state index contributed by atoms with van der Waals surface area (Å²) in [5, 5.41) is 0. The minimum absolute atomic E-state index is 0.385. The zero-order valence-corrected chi connectivity index (χ0v) is 7.10. The fourth-order valence-corrected chi connectivity index (χ4v) is 1.96.